The summed E-state index contributed by atoms with van der Waals surface area (Å²) in [5.41, 5.74) is 10.9. The predicted molar refractivity (Wildman–Crippen MR) is 144 cm³/mol. The van der Waals surface area contributed by atoms with Crippen LogP contribution in [0.1, 0.15) is 11.3 Å². The Balaban J connectivity index is 1.61. The molecule has 4 rings (SSSR count). The highest BCUT2D eigenvalue weighted by Gasteiger charge is 2.13. The van der Waals surface area contributed by atoms with Gasteiger partial charge in [-0.1, -0.05) is 18.2 Å². The molecule has 0 spiro atoms. The quantitative estimate of drug-likeness (QED) is 0.230. The van der Waals surface area contributed by atoms with Gasteiger partial charge in [-0.2, -0.15) is 5.10 Å². The number of benzene rings is 2. The van der Waals surface area contributed by atoms with Crippen LogP contribution in [0, 0.1) is 0 Å². The van der Waals surface area contributed by atoms with E-state index in [0.29, 0.717) is 24.7 Å². The minimum absolute atomic E-state index is 0.1000. The number of rotatable bonds is 10. The molecule has 2 heterocycles. The van der Waals surface area contributed by atoms with Gasteiger partial charge >= 0.3 is 0 Å². The molecule has 0 aliphatic carbocycles. The van der Waals surface area contributed by atoms with E-state index in [1.54, 1.807) is 44.6 Å². The molecular weight excluding hydrogens is 456 g/mol. The van der Waals surface area contributed by atoms with Crippen LogP contribution in [0.5, 0.6) is 5.75 Å². The van der Waals surface area contributed by atoms with E-state index in [9.17, 15) is 5.11 Å². The zero-order chi connectivity index (χ0) is 25.5. The number of ether oxygens (including phenoxy) is 2. The fraction of sp³-hybridized carbons (Fsp3) is 0.222. The van der Waals surface area contributed by atoms with Crippen LogP contribution in [-0.4, -0.2) is 53.5 Å². The van der Waals surface area contributed by atoms with E-state index < -0.39 is 0 Å². The van der Waals surface area contributed by atoms with Crippen molar-refractivity contribution in [3.8, 4) is 16.9 Å². The highest BCUT2D eigenvalue weighted by atomic mass is 16.5. The van der Waals surface area contributed by atoms with Gasteiger partial charge in [0, 0.05) is 49.3 Å². The summed E-state index contributed by atoms with van der Waals surface area (Å²) in [6.07, 6.45) is 6.87. The maximum Gasteiger partial charge on any atom is 0.142 e. The fourth-order valence-electron chi connectivity index (χ4n) is 3.90. The Morgan fingerprint density at radius 3 is 2.75 bits per heavy atom. The van der Waals surface area contributed by atoms with E-state index >= 15 is 0 Å². The van der Waals surface area contributed by atoms with Crippen molar-refractivity contribution in [2.45, 2.75) is 6.61 Å². The van der Waals surface area contributed by atoms with Gasteiger partial charge in [0.1, 0.15) is 11.6 Å². The molecule has 9 nitrogen and oxygen atoms in total. The highest BCUT2D eigenvalue weighted by Crippen LogP contribution is 2.34. The number of hydrogen-bond donors (Lipinski definition) is 3. The number of aliphatic hydroxyl groups excluding tert-OH is 1. The minimum atomic E-state index is -0.1000. The molecule has 0 atom stereocenters. The number of aromatic nitrogens is 3. The van der Waals surface area contributed by atoms with Crippen LogP contribution in [0.2, 0.25) is 0 Å². The molecule has 0 bridgehead atoms. The van der Waals surface area contributed by atoms with Crippen molar-refractivity contribution in [2.24, 2.45) is 17.8 Å². The number of aliphatic imine (C=N–C) groups is 1. The van der Waals surface area contributed by atoms with Gasteiger partial charge in [0.2, 0.25) is 0 Å². The summed E-state index contributed by atoms with van der Waals surface area (Å²) in [6, 6.07) is 13.8. The summed E-state index contributed by atoms with van der Waals surface area (Å²) >= 11 is 0. The molecule has 0 saturated carbocycles. The number of nitrogens with zero attached hydrogens (tertiary/aromatic N) is 4. The molecule has 0 aliphatic heterocycles. The van der Waals surface area contributed by atoms with Gasteiger partial charge in [-0.3, -0.25) is 9.67 Å². The Hall–Kier alpha value is -4.21. The van der Waals surface area contributed by atoms with Gasteiger partial charge in [0.25, 0.3) is 0 Å². The third-order valence-corrected chi connectivity index (χ3v) is 5.88. The Kier molecular flexibility index (Phi) is 7.94. The first-order valence-electron chi connectivity index (χ1n) is 11.5. The number of hydrogen-bond acceptors (Lipinski definition) is 8. The van der Waals surface area contributed by atoms with Crippen molar-refractivity contribution >= 4 is 34.1 Å². The van der Waals surface area contributed by atoms with Crippen molar-refractivity contribution in [3.05, 3.63) is 72.3 Å². The fourth-order valence-corrected chi connectivity index (χ4v) is 3.90. The molecule has 4 aromatic rings. The summed E-state index contributed by atoms with van der Waals surface area (Å²) < 4.78 is 12.3. The molecule has 9 heteroatoms. The Bertz CT molecular complexity index is 1410. The topological polar surface area (TPSA) is 120 Å². The second kappa shape index (κ2) is 11.5. The zero-order valence-corrected chi connectivity index (χ0v) is 20.6. The maximum atomic E-state index is 9.71. The summed E-state index contributed by atoms with van der Waals surface area (Å²) in [7, 11) is 5.07. The Labute approximate surface area is 209 Å². The SMILES string of the molecule is COCCN=CC(=CN)c1ccc2cnc(Nc3ccc(-c4cnn(C)c4CO)cc3OC)cc2c1. The molecule has 2 aromatic carbocycles. The standard InChI is InChI=1S/C27H30N6O3/c1-33-25(17-34)23(16-31-33)19-6-7-24(26(11-19)36-3)32-27-12-21-10-18(4-5-20(21)15-30-27)22(13-28)14-29-8-9-35-2/h4-7,10-16,34H,8-9,17,28H2,1-3H3,(H,30,32). The van der Waals surface area contributed by atoms with Crippen molar-refractivity contribution < 1.29 is 14.6 Å². The Morgan fingerprint density at radius 1 is 1.14 bits per heavy atom. The first-order valence-corrected chi connectivity index (χ1v) is 11.5. The lowest BCUT2D eigenvalue weighted by Crippen LogP contribution is -1.99. The largest absolute Gasteiger partial charge is 0.495 e. The van der Waals surface area contributed by atoms with Crippen molar-refractivity contribution in [1.82, 2.24) is 14.8 Å². The number of nitrogens with one attached hydrogen (secondary N) is 1. The second-order valence-electron chi connectivity index (χ2n) is 8.11. The van der Waals surface area contributed by atoms with Crippen LogP contribution in [0.25, 0.3) is 27.5 Å². The summed E-state index contributed by atoms with van der Waals surface area (Å²) in [5, 5.41) is 19.3. The van der Waals surface area contributed by atoms with E-state index in [4.69, 9.17) is 15.2 Å². The number of allylic oxidation sites excluding steroid dienone is 1. The van der Waals surface area contributed by atoms with Crippen molar-refractivity contribution in [3.63, 3.8) is 0 Å². The molecule has 2 aromatic heterocycles. The molecule has 0 fully saturated rings. The molecule has 0 radical (unpaired) electrons. The van der Waals surface area contributed by atoms with Gasteiger partial charge in [-0.05, 0) is 40.8 Å². The van der Waals surface area contributed by atoms with Gasteiger partial charge in [0.15, 0.2) is 0 Å². The van der Waals surface area contributed by atoms with Crippen molar-refractivity contribution in [1.29, 1.82) is 0 Å². The average molecular weight is 487 g/mol. The molecule has 0 saturated heterocycles. The number of aliphatic hydroxyl groups is 1. The van der Waals surface area contributed by atoms with Crippen LogP contribution in [0.15, 0.2) is 66.1 Å². The molecule has 0 unspecified atom stereocenters. The smallest absolute Gasteiger partial charge is 0.142 e. The number of aryl methyl sites for hydroxylation is 1. The molecule has 4 N–H and O–H groups in total. The van der Waals surface area contributed by atoms with E-state index in [-0.39, 0.29) is 6.61 Å². The summed E-state index contributed by atoms with van der Waals surface area (Å²) in [6.45, 7) is 1.03. The van der Waals surface area contributed by atoms with Crippen molar-refractivity contribution in [2.75, 3.05) is 32.7 Å². The minimum Gasteiger partial charge on any atom is -0.495 e. The molecule has 186 valence electrons. The summed E-state index contributed by atoms with van der Waals surface area (Å²) in [4.78, 5) is 8.93. The maximum absolute atomic E-state index is 9.71. The highest BCUT2D eigenvalue weighted by molar-refractivity contribution is 6.10. The lowest BCUT2D eigenvalue weighted by Gasteiger charge is -2.13. The third-order valence-electron chi connectivity index (χ3n) is 5.88. The Morgan fingerprint density at radius 2 is 2.00 bits per heavy atom. The number of pyridine rings is 1. The van der Waals surface area contributed by atoms with Gasteiger partial charge in [0.05, 0.1) is 44.4 Å². The average Bonchev–Trinajstić information content (AvgIpc) is 3.28. The predicted octanol–water partition coefficient (Wildman–Crippen LogP) is 3.90. The van der Waals surface area contributed by atoms with Crippen LogP contribution in [0.4, 0.5) is 11.5 Å². The normalized spacial score (nSPS) is 11.9. The van der Waals surface area contributed by atoms with Gasteiger partial charge < -0.3 is 25.6 Å². The first kappa shape index (κ1) is 24.9. The number of fused-ring (bicyclic) bond motifs is 1. The van der Waals surface area contributed by atoms with Crippen LogP contribution in [-0.2, 0) is 18.4 Å². The second-order valence-corrected chi connectivity index (χ2v) is 8.11. The third kappa shape index (κ3) is 5.37. The van der Waals surface area contributed by atoms with E-state index in [2.05, 4.69) is 26.5 Å². The summed E-state index contributed by atoms with van der Waals surface area (Å²) in [5.74, 6) is 1.33. The monoisotopic (exact) mass is 486 g/mol. The van der Waals surface area contributed by atoms with E-state index in [1.807, 2.05) is 42.6 Å². The van der Waals surface area contributed by atoms with Crippen LogP contribution < -0.4 is 15.8 Å². The van der Waals surface area contributed by atoms with Crippen LogP contribution in [0.3, 0.4) is 0 Å². The number of methoxy groups -OCH3 is 2. The molecule has 36 heavy (non-hydrogen) atoms. The van der Waals surface area contributed by atoms with Crippen LogP contribution >= 0.6 is 0 Å². The van der Waals surface area contributed by atoms with E-state index in [0.717, 1.165) is 44.4 Å². The molecular formula is C27H30N6O3. The zero-order valence-electron chi connectivity index (χ0n) is 20.6. The number of anilines is 2. The van der Waals surface area contributed by atoms with Gasteiger partial charge in [-0.25, -0.2) is 4.98 Å². The number of nitrogens with two attached hydrogens (primary N) is 1. The lowest BCUT2D eigenvalue weighted by atomic mass is 10.0. The van der Waals surface area contributed by atoms with E-state index in [1.165, 1.54) is 0 Å². The molecule has 0 amide bonds. The molecule has 0 aliphatic rings. The van der Waals surface area contributed by atoms with Gasteiger partial charge in [-0.15, -0.1) is 0 Å². The lowest BCUT2D eigenvalue weighted by molar-refractivity contribution is 0.208. The first-order chi connectivity index (χ1) is 17.6.